The molecule has 0 atom stereocenters. The zero-order valence-electron chi connectivity index (χ0n) is 4.56. The van der Waals surface area contributed by atoms with Crippen molar-refractivity contribution in [3.8, 4) is 0 Å². The molecule has 3 heteroatoms. The first-order valence-corrected chi connectivity index (χ1v) is 2.02. The molecular weight excluding hydrogens is 88.9 g/mol. The highest BCUT2D eigenvalue weighted by Crippen LogP contribution is 1.97. The highest BCUT2D eigenvalue weighted by molar-refractivity contribution is 6.14. The van der Waals surface area contributed by atoms with Gasteiger partial charge in [0.2, 0.25) is 0 Å². The lowest BCUT2D eigenvalue weighted by Gasteiger charge is -2.16. The Morgan fingerprint density at radius 1 is 1.71 bits per heavy atom. The SMILES string of the molecule is [B]C(C)(C)OC=N. The van der Waals surface area contributed by atoms with Crippen LogP contribution in [0.15, 0.2) is 0 Å². The molecule has 0 rings (SSSR count). The van der Waals surface area contributed by atoms with Crippen LogP contribution in [0.3, 0.4) is 0 Å². The highest BCUT2D eigenvalue weighted by atomic mass is 16.5. The summed E-state index contributed by atoms with van der Waals surface area (Å²) in [7, 11) is 5.27. The van der Waals surface area contributed by atoms with Crippen LogP contribution < -0.4 is 0 Å². The van der Waals surface area contributed by atoms with Crippen molar-refractivity contribution in [2.75, 3.05) is 0 Å². The van der Waals surface area contributed by atoms with Crippen molar-refractivity contribution >= 4 is 14.2 Å². The molecule has 2 nitrogen and oxygen atoms in total. The molecule has 0 unspecified atom stereocenters. The number of hydrogen-bond donors (Lipinski definition) is 1. The van der Waals surface area contributed by atoms with E-state index in [1.165, 1.54) is 0 Å². The summed E-state index contributed by atoms with van der Waals surface area (Å²) in [5.74, 6) is 0. The molecule has 7 heavy (non-hydrogen) atoms. The van der Waals surface area contributed by atoms with Gasteiger partial charge in [-0.25, -0.2) is 0 Å². The Morgan fingerprint density at radius 3 is 2.14 bits per heavy atom. The molecule has 0 aliphatic heterocycles. The van der Waals surface area contributed by atoms with Gasteiger partial charge in [0.1, 0.15) is 7.85 Å². The van der Waals surface area contributed by atoms with E-state index in [4.69, 9.17) is 13.3 Å². The van der Waals surface area contributed by atoms with E-state index in [0.29, 0.717) is 0 Å². The van der Waals surface area contributed by atoms with E-state index in [9.17, 15) is 0 Å². The minimum Gasteiger partial charge on any atom is -0.488 e. The van der Waals surface area contributed by atoms with Crippen molar-refractivity contribution in [1.82, 2.24) is 0 Å². The third-order valence-corrected chi connectivity index (χ3v) is 0.363. The fraction of sp³-hybridized carbons (Fsp3) is 0.750. The van der Waals surface area contributed by atoms with Crippen LogP contribution in [0.5, 0.6) is 0 Å². The van der Waals surface area contributed by atoms with Crippen molar-refractivity contribution in [3.05, 3.63) is 0 Å². The Bertz CT molecular complexity index is 66.6. The average molecular weight is 96.9 g/mol. The zero-order chi connectivity index (χ0) is 5.91. The molecule has 0 amide bonds. The monoisotopic (exact) mass is 97.1 g/mol. The Hall–Kier alpha value is -0.465. The van der Waals surface area contributed by atoms with Crippen LogP contribution >= 0.6 is 0 Å². The number of nitrogens with one attached hydrogen (secondary N) is 1. The van der Waals surface area contributed by atoms with E-state index < -0.39 is 5.50 Å². The van der Waals surface area contributed by atoms with Crippen molar-refractivity contribution in [1.29, 1.82) is 5.41 Å². The lowest BCUT2D eigenvalue weighted by Crippen LogP contribution is -2.22. The van der Waals surface area contributed by atoms with Crippen molar-refractivity contribution < 1.29 is 4.74 Å². The molecule has 0 spiro atoms. The first-order chi connectivity index (χ1) is 3.06. The molecule has 0 fully saturated rings. The van der Waals surface area contributed by atoms with E-state index >= 15 is 0 Å². The largest absolute Gasteiger partial charge is 0.488 e. The van der Waals surface area contributed by atoms with Crippen LogP contribution in [0.4, 0.5) is 0 Å². The summed E-state index contributed by atoms with van der Waals surface area (Å²) in [6.07, 6.45) is 0.833. The molecule has 0 aromatic rings. The topological polar surface area (TPSA) is 33.1 Å². The Kier molecular flexibility index (Phi) is 1.87. The van der Waals surface area contributed by atoms with Crippen molar-refractivity contribution in [3.63, 3.8) is 0 Å². The summed E-state index contributed by atoms with van der Waals surface area (Å²) in [6.45, 7) is 3.36. The zero-order valence-corrected chi connectivity index (χ0v) is 4.56. The second-order valence-electron chi connectivity index (χ2n) is 1.84. The summed E-state index contributed by atoms with van der Waals surface area (Å²) < 4.78 is 4.55. The Labute approximate surface area is 44.8 Å². The number of hydrogen-bond acceptors (Lipinski definition) is 2. The molecule has 0 aliphatic carbocycles. The van der Waals surface area contributed by atoms with E-state index in [1.807, 2.05) is 0 Å². The summed E-state index contributed by atoms with van der Waals surface area (Å²) in [5.41, 5.74) is -0.693. The van der Waals surface area contributed by atoms with Gasteiger partial charge in [0.05, 0.1) is 5.50 Å². The lowest BCUT2D eigenvalue weighted by molar-refractivity contribution is 0.194. The van der Waals surface area contributed by atoms with Crippen LogP contribution in [-0.2, 0) is 4.74 Å². The smallest absolute Gasteiger partial charge is 0.166 e. The molecule has 0 saturated carbocycles. The first-order valence-electron chi connectivity index (χ1n) is 2.02. The minimum absolute atomic E-state index is 0.693. The third kappa shape index (κ3) is 5.53. The molecule has 38 valence electrons. The van der Waals surface area contributed by atoms with Gasteiger partial charge < -0.3 is 4.74 Å². The maximum atomic E-state index is 6.43. The Balaban J connectivity index is 3.34. The van der Waals surface area contributed by atoms with Gasteiger partial charge >= 0.3 is 0 Å². The maximum Gasteiger partial charge on any atom is 0.166 e. The number of rotatable bonds is 2. The van der Waals surface area contributed by atoms with Crippen molar-refractivity contribution in [2.24, 2.45) is 0 Å². The fourth-order valence-electron chi connectivity index (χ4n) is 0.152. The van der Waals surface area contributed by atoms with Gasteiger partial charge in [0.25, 0.3) is 0 Å². The van der Waals surface area contributed by atoms with Crippen LogP contribution in [-0.4, -0.2) is 19.7 Å². The fourth-order valence-corrected chi connectivity index (χ4v) is 0.152. The molecule has 1 N–H and O–H groups in total. The second-order valence-corrected chi connectivity index (χ2v) is 1.84. The molecule has 0 aromatic carbocycles. The van der Waals surface area contributed by atoms with Gasteiger partial charge in [0.15, 0.2) is 6.40 Å². The summed E-state index contributed by atoms with van der Waals surface area (Å²) in [5, 5.41) is 6.43. The number of ether oxygens (including phenoxy) is 1. The molecule has 0 heterocycles. The molecule has 2 radical (unpaired) electrons. The van der Waals surface area contributed by atoms with Gasteiger partial charge in [-0.2, -0.15) is 0 Å². The van der Waals surface area contributed by atoms with Gasteiger partial charge in [0, 0.05) is 0 Å². The summed E-state index contributed by atoms with van der Waals surface area (Å²) in [6, 6.07) is 0. The predicted octanol–water partition coefficient (Wildman–Crippen LogP) is 0.515. The maximum absolute atomic E-state index is 6.43. The average Bonchev–Trinajstić information content (AvgIpc) is 1.30. The molecule has 0 aliphatic rings. The van der Waals surface area contributed by atoms with Gasteiger partial charge in [-0.15, -0.1) is 0 Å². The summed E-state index contributed by atoms with van der Waals surface area (Å²) in [4.78, 5) is 0. The van der Waals surface area contributed by atoms with Crippen LogP contribution in [0.1, 0.15) is 13.8 Å². The van der Waals surface area contributed by atoms with Crippen LogP contribution in [0.2, 0.25) is 0 Å². The van der Waals surface area contributed by atoms with Gasteiger partial charge in [-0.1, -0.05) is 0 Å². The third-order valence-electron chi connectivity index (χ3n) is 0.363. The van der Waals surface area contributed by atoms with Gasteiger partial charge in [-0.3, -0.25) is 5.41 Å². The quantitative estimate of drug-likeness (QED) is 0.304. The van der Waals surface area contributed by atoms with E-state index in [2.05, 4.69) is 4.74 Å². The van der Waals surface area contributed by atoms with E-state index in [0.717, 1.165) is 6.40 Å². The lowest BCUT2D eigenvalue weighted by atomic mass is 9.86. The first kappa shape index (κ1) is 6.53. The highest BCUT2D eigenvalue weighted by Gasteiger charge is 2.06. The molecule has 0 aromatic heterocycles. The second kappa shape index (κ2) is 2.00. The van der Waals surface area contributed by atoms with Crippen LogP contribution in [0.25, 0.3) is 0 Å². The molecule has 0 saturated heterocycles. The summed E-state index contributed by atoms with van der Waals surface area (Å²) >= 11 is 0. The van der Waals surface area contributed by atoms with Crippen LogP contribution in [0, 0.1) is 5.41 Å². The molecular formula is C4H8BNO. The predicted molar refractivity (Wildman–Crippen MR) is 29.7 cm³/mol. The van der Waals surface area contributed by atoms with E-state index in [1.54, 1.807) is 13.8 Å². The Morgan fingerprint density at radius 2 is 2.14 bits per heavy atom. The van der Waals surface area contributed by atoms with Crippen molar-refractivity contribution in [2.45, 2.75) is 19.3 Å². The normalized spacial score (nSPS) is 10.6. The van der Waals surface area contributed by atoms with Gasteiger partial charge in [-0.05, 0) is 13.8 Å². The minimum atomic E-state index is -0.693. The van der Waals surface area contributed by atoms with E-state index in [-0.39, 0.29) is 0 Å². The molecule has 0 bridgehead atoms. The standard InChI is InChI=1S/C4H8BNO/c1-4(2,5)7-3-6/h3,6H,1-2H3.